The molecule has 0 radical (unpaired) electrons. The third kappa shape index (κ3) is 10.1. The Morgan fingerprint density at radius 2 is 1.21 bits per heavy atom. The summed E-state index contributed by atoms with van der Waals surface area (Å²) in [4.78, 5) is 4.12. The van der Waals surface area contributed by atoms with Crippen LogP contribution in [0.1, 0.15) is 68.9 Å². The van der Waals surface area contributed by atoms with Crippen molar-refractivity contribution in [2.45, 2.75) is 58.8 Å². The van der Waals surface area contributed by atoms with E-state index < -0.39 is 0 Å². The molecule has 0 heterocycles. The van der Waals surface area contributed by atoms with Crippen molar-refractivity contribution in [3.63, 3.8) is 0 Å². The first-order valence-corrected chi connectivity index (χ1v) is 14.2. The quantitative estimate of drug-likeness (QED) is 0.245. The predicted molar refractivity (Wildman–Crippen MR) is 180 cm³/mol. The van der Waals surface area contributed by atoms with Crippen LogP contribution in [0.15, 0.2) is 78.4 Å². The summed E-state index contributed by atoms with van der Waals surface area (Å²) in [6.45, 7) is 21.2. The second kappa shape index (κ2) is 16.4. The Bertz CT molecular complexity index is 1290. The number of hydrogen-bond donors (Lipinski definition) is 0. The van der Waals surface area contributed by atoms with Gasteiger partial charge in [-0.2, -0.15) is 42.7 Å². The van der Waals surface area contributed by atoms with Crippen LogP contribution in [-0.4, -0.2) is 35.3 Å². The molecule has 0 spiro atoms. The standard InChI is InChI=1S/C20H27O.2C9H12N.Tm/c1-14-12-16(19(2,3)4)18(21-7)17(13-14)20(5,6)15-10-8-9-11-15;2*1-8-6-4-5-7-9(8)10(2)3;/h8-9,12-13H,10H2,1-7H3;2*4-7H,1H2,2-3H3;/q3*-1;+3. The second-order valence-electron chi connectivity index (χ2n) is 12.5. The van der Waals surface area contributed by atoms with Gasteiger partial charge in [0.15, 0.2) is 0 Å². The van der Waals surface area contributed by atoms with Gasteiger partial charge in [0.05, 0.1) is 7.11 Å². The van der Waals surface area contributed by atoms with Gasteiger partial charge in [0.25, 0.3) is 0 Å². The summed E-state index contributed by atoms with van der Waals surface area (Å²) in [6.07, 6.45) is 8.59. The summed E-state index contributed by atoms with van der Waals surface area (Å²) in [5.74, 6) is 1.03. The van der Waals surface area contributed by atoms with Gasteiger partial charge < -0.3 is 14.5 Å². The van der Waals surface area contributed by atoms with Gasteiger partial charge in [-0.25, -0.2) is 12.2 Å². The van der Waals surface area contributed by atoms with Crippen molar-refractivity contribution in [1.82, 2.24) is 0 Å². The van der Waals surface area contributed by atoms with Crippen molar-refractivity contribution >= 4 is 11.4 Å². The summed E-state index contributed by atoms with van der Waals surface area (Å²) in [6, 6.07) is 20.7. The Kier molecular flexibility index (Phi) is 14.6. The number of para-hydroxylation sites is 2. The van der Waals surface area contributed by atoms with E-state index in [1.54, 1.807) is 7.11 Å². The number of aryl methyl sites for hydroxylation is 1. The number of anilines is 2. The molecule has 0 bridgehead atoms. The topological polar surface area (TPSA) is 15.7 Å². The summed E-state index contributed by atoms with van der Waals surface area (Å²) < 4.78 is 5.84. The molecule has 42 heavy (non-hydrogen) atoms. The van der Waals surface area contributed by atoms with Gasteiger partial charge in [0.2, 0.25) is 0 Å². The Labute approximate surface area is 286 Å². The maximum Gasteiger partial charge on any atom is 3.00 e. The minimum absolute atomic E-state index is 0. The molecule has 4 rings (SSSR count). The molecule has 0 aliphatic heterocycles. The van der Waals surface area contributed by atoms with Crippen molar-refractivity contribution in [1.29, 1.82) is 0 Å². The fourth-order valence-electron chi connectivity index (χ4n) is 4.90. The molecule has 3 aromatic rings. The molecule has 0 saturated carbocycles. The van der Waals surface area contributed by atoms with E-state index in [2.05, 4.69) is 102 Å². The van der Waals surface area contributed by atoms with Gasteiger partial charge >= 0.3 is 36.9 Å². The molecule has 0 aromatic heterocycles. The zero-order valence-corrected chi connectivity index (χ0v) is 29.4. The van der Waals surface area contributed by atoms with Crippen LogP contribution in [0, 0.1) is 63.7 Å². The molecule has 1 aliphatic rings. The third-order valence-corrected chi connectivity index (χ3v) is 7.32. The molecule has 4 heteroatoms. The molecule has 0 atom stereocenters. The molecule has 0 N–H and O–H groups in total. The van der Waals surface area contributed by atoms with Crippen LogP contribution >= 0.6 is 0 Å². The molecule has 0 unspecified atom stereocenters. The van der Waals surface area contributed by atoms with Crippen LogP contribution in [0.2, 0.25) is 0 Å². The minimum Gasteiger partial charge on any atom is -0.496 e. The van der Waals surface area contributed by atoms with Crippen LogP contribution in [0.25, 0.3) is 0 Å². The maximum absolute atomic E-state index is 5.84. The molecule has 0 amide bonds. The molecule has 0 saturated heterocycles. The van der Waals surface area contributed by atoms with E-state index in [0.29, 0.717) is 0 Å². The zero-order chi connectivity index (χ0) is 31.0. The van der Waals surface area contributed by atoms with Gasteiger partial charge in [0.1, 0.15) is 5.75 Å². The van der Waals surface area contributed by atoms with Crippen molar-refractivity contribution < 1.29 is 41.6 Å². The minimum atomic E-state index is -0.0686. The average Bonchev–Trinajstić information content (AvgIpc) is 3.45. The SMILES string of the molecule is COc1c(C(C)(C)C)cc(C)cc1C(C)(C)C1=[C-]C=CC1.[CH2-]c1ccccc1N(C)C.[CH2-]c1ccccc1N(C)C.[Tm+3]. The average molecular weight is 721 g/mol. The number of methoxy groups -OCH3 is 1. The van der Waals surface area contributed by atoms with Gasteiger partial charge in [-0.1, -0.05) is 94.4 Å². The maximum atomic E-state index is 5.84. The molecule has 3 nitrogen and oxygen atoms in total. The molecular weight excluding hydrogens is 669 g/mol. The smallest absolute Gasteiger partial charge is 0.496 e. The molecule has 0 fully saturated rings. The monoisotopic (exact) mass is 720 g/mol. The summed E-state index contributed by atoms with van der Waals surface area (Å²) in [5, 5.41) is 0. The molecule has 1 aliphatic carbocycles. The van der Waals surface area contributed by atoms with Gasteiger partial charge in [-0.15, -0.1) is 12.1 Å². The number of hydrogen-bond acceptors (Lipinski definition) is 3. The number of allylic oxidation sites excluding steroid dienone is 4. The predicted octanol–water partition coefficient (Wildman–Crippen LogP) is 9.14. The van der Waals surface area contributed by atoms with E-state index in [4.69, 9.17) is 4.74 Å². The Balaban J connectivity index is 0.000000351. The first kappa shape index (κ1) is 37.5. The van der Waals surface area contributed by atoms with Crippen LogP contribution in [0.5, 0.6) is 5.75 Å². The number of benzene rings is 3. The van der Waals surface area contributed by atoms with Crippen LogP contribution < -0.4 is 14.5 Å². The number of nitrogens with zero attached hydrogens (tertiary/aromatic N) is 2. The van der Waals surface area contributed by atoms with Crippen LogP contribution in [0.4, 0.5) is 11.4 Å². The summed E-state index contributed by atoms with van der Waals surface area (Å²) in [5.41, 5.74) is 9.67. The first-order valence-electron chi connectivity index (χ1n) is 14.2. The van der Waals surface area contributed by atoms with Crippen molar-refractivity contribution in [2.75, 3.05) is 45.1 Å². The van der Waals surface area contributed by atoms with Crippen molar-refractivity contribution in [3.8, 4) is 5.75 Å². The second-order valence-corrected chi connectivity index (χ2v) is 12.5. The summed E-state index contributed by atoms with van der Waals surface area (Å²) >= 11 is 0. The van der Waals surface area contributed by atoms with Crippen molar-refractivity contribution in [2.24, 2.45) is 0 Å². The largest absolute Gasteiger partial charge is 3.00 e. The Morgan fingerprint density at radius 1 is 0.762 bits per heavy atom. The van der Waals surface area contributed by atoms with Gasteiger partial charge in [-0.3, -0.25) is 6.08 Å². The van der Waals surface area contributed by atoms with Gasteiger partial charge in [-0.05, 0) is 45.9 Å². The fourth-order valence-corrected chi connectivity index (χ4v) is 4.90. The van der Waals surface area contributed by atoms with E-state index in [1.165, 1.54) is 33.6 Å². The number of ether oxygens (including phenoxy) is 1. The van der Waals surface area contributed by atoms with E-state index in [9.17, 15) is 0 Å². The first-order chi connectivity index (χ1) is 19.1. The zero-order valence-electron chi connectivity index (χ0n) is 27.6. The molecular formula is C38H51N2OTm. The van der Waals surface area contributed by atoms with Crippen LogP contribution in [0.3, 0.4) is 0 Å². The van der Waals surface area contributed by atoms with E-state index in [1.807, 2.05) is 70.7 Å². The Hall–Kier alpha value is -2.49. The fraction of sp³-hybridized carbons (Fsp3) is 0.368. The molecule has 232 valence electrons. The summed E-state index contributed by atoms with van der Waals surface area (Å²) in [7, 11) is 9.85. The van der Waals surface area contributed by atoms with E-state index >= 15 is 0 Å². The number of rotatable bonds is 5. The third-order valence-electron chi connectivity index (χ3n) is 7.32. The van der Waals surface area contributed by atoms with Crippen LogP contribution in [-0.2, 0) is 10.8 Å². The van der Waals surface area contributed by atoms with Gasteiger partial charge in [0, 0.05) is 11.1 Å². The van der Waals surface area contributed by atoms with E-state index in [0.717, 1.165) is 23.3 Å². The Morgan fingerprint density at radius 3 is 1.55 bits per heavy atom. The molecule has 3 aromatic carbocycles. The van der Waals surface area contributed by atoms with Crippen molar-refractivity contribution in [3.05, 3.63) is 126 Å². The normalized spacial score (nSPS) is 12.1. The van der Waals surface area contributed by atoms with E-state index in [-0.39, 0.29) is 47.7 Å².